The lowest BCUT2D eigenvalue weighted by atomic mass is 10.2. The molecule has 0 unspecified atom stereocenters. The minimum absolute atomic E-state index is 0.0777. The number of hydrogen-bond acceptors (Lipinski definition) is 4. The van der Waals surface area contributed by atoms with Crippen molar-refractivity contribution in [1.29, 1.82) is 0 Å². The molecule has 0 bridgehead atoms. The van der Waals surface area contributed by atoms with Crippen molar-refractivity contribution in [1.82, 2.24) is 10.3 Å². The van der Waals surface area contributed by atoms with Crippen molar-refractivity contribution >= 4 is 40.4 Å². The third kappa shape index (κ3) is 4.68. The van der Waals surface area contributed by atoms with E-state index in [0.717, 1.165) is 16.3 Å². The van der Waals surface area contributed by atoms with E-state index in [1.165, 1.54) is 11.3 Å². The van der Waals surface area contributed by atoms with Gasteiger partial charge in [-0.25, -0.2) is 4.98 Å². The minimum atomic E-state index is -0.0777. The fraction of sp³-hybridized carbons (Fsp3) is 0.286. The second kappa shape index (κ2) is 7.75. The molecule has 2 aromatic rings. The van der Waals surface area contributed by atoms with Gasteiger partial charge in [-0.3, -0.25) is 4.79 Å². The summed E-state index contributed by atoms with van der Waals surface area (Å²) in [6.45, 7) is 0.990. The van der Waals surface area contributed by atoms with Crippen molar-refractivity contribution in [2.45, 2.75) is 6.42 Å². The highest BCUT2D eigenvalue weighted by Gasteiger charge is 2.11. The van der Waals surface area contributed by atoms with Gasteiger partial charge in [-0.05, 0) is 18.2 Å². The quantitative estimate of drug-likeness (QED) is 0.816. The van der Waals surface area contributed by atoms with Gasteiger partial charge in [0.05, 0.1) is 23.7 Å². The number of thiazole rings is 1. The molecule has 0 saturated heterocycles. The van der Waals surface area contributed by atoms with E-state index in [1.54, 1.807) is 19.2 Å². The summed E-state index contributed by atoms with van der Waals surface area (Å²) in [6.07, 6.45) is 0.241. The van der Waals surface area contributed by atoms with Crippen molar-refractivity contribution in [2.24, 2.45) is 0 Å². The van der Waals surface area contributed by atoms with E-state index in [4.69, 9.17) is 27.9 Å². The second-order valence-electron chi connectivity index (χ2n) is 4.29. The summed E-state index contributed by atoms with van der Waals surface area (Å²) in [5.41, 5.74) is 1.54. The summed E-state index contributed by atoms with van der Waals surface area (Å²) >= 11 is 13.5. The van der Waals surface area contributed by atoms with Crippen LogP contribution in [0.15, 0.2) is 23.6 Å². The number of halogens is 2. The van der Waals surface area contributed by atoms with Gasteiger partial charge in [0.25, 0.3) is 0 Å². The Labute approximate surface area is 137 Å². The standard InChI is InChI=1S/C14H14Cl2N2O2S/c1-20-5-4-17-13(19)7-10-8-21-14(18-10)11-3-2-9(15)6-12(11)16/h2-3,6,8H,4-5,7H2,1H3,(H,17,19). The number of carbonyl (C=O) groups excluding carboxylic acids is 1. The molecule has 1 aromatic heterocycles. The van der Waals surface area contributed by atoms with Crippen LogP contribution < -0.4 is 5.32 Å². The van der Waals surface area contributed by atoms with E-state index in [-0.39, 0.29) is 12.3 Å². The lowest BCUT2D eigenvalue weighted by Crippen LogP contribution is -2.28. The van der Waals surface area contributed by atoms with Gasteiger partial charge in [0.2, 0.25) is 5.91 Å². The first-order valence-electron chi connectivity index (χ1n) is 6.25. The number of methoxy groups -OCH3 is 1. The van der Waals surface area contributed by atoms with E-state index in [2.05, 4.69) is 10.3 Å². The van der Waals surface area contributed by atoms with Crippen molar-refractivity contribution < 1.29 is 9.53 Å². The van der Waals surface area contributed by atoms with Gasteiger partial charge >= 0.3 is 0 Å². The fourth-order valence-corrected chi connectivity index (χ4v) is 3.11. The van der Waals surface area contributed by atoms with Crippen molar-refractivity contribution in [3.05, 3.63) is 39.3 Å². The van der Waals surface area contributed by atoms with E-state index in [1.807, 2.05) is 11.4 Å². The molecular formula is C14H14Cl2N2O2S. The molecule has 0 aliphatic heterocycles. The summed E-state index contributed by atoms with van der Waals surface area (Å²) in [6, 6.07) is 5.27. The van der Waals surface area contributed by atoms with Crippen LogP contribution in [-0.2, 0) is 16.0 Å². The van der Waals surface area contributed by atoms with Crippen LogP contribution in [0.5, 0.6) is 0 Å². The molecule has 1 N–H and O–H groups in total. The molecule has 0 radical (unpaired) electrons. The fourth-order valence-electron chi connectivity index (χ4n) is 1.69. The topological polar surface area (TPSA) is 51.2 Å². The van der Waals surface area contributed by atoms with Gasteiger partial charge in [0.1, 0.15) is 5.01 Å². The molecule has 7 heteroatoms. The first kappa shape index (κ1) is 16.2. The third-order valence-electron chi connectivity index (χ3n) is 2.68. The molecule has 0 atom stereocenters. The van der Waals surface area contributed by atoms with Crippen molar-refractivity contribution in [3.63, 3.8) is 0 Å². The smallest absolute Gasteiger partial charge is 0.226 e. The average Bonchev–Trinajstić information content (AvgIpc) is 2.87. The van der Waals surface area contributed by atoms with Crippen LogP contribution in [-0.4, -0.2) is 31.2 Å². The second-order valence-corrected chi connectivity index (χ2v) is 5.99. The molecule has 1 amide bonds. The maximum absolute atomic E-state index is 11.7. The van der Waals surface area contributed by atoms with Crippen LogP contribution in [0.1, 0.15) is 5.69 Å². The van der Waals surface area contributed by atoms with Crippen LogP contribution in [0, 0.1) is 0 Å². The zero-order valence-electron chi connectivity index (χ0n) is 11.4. The van der Waals surface area contributed by atoms with E-state index in [9.17, 15) is 4.79 Å². The Morgan fingerprint density at radius 2 is 2.24 bits per heavy atom. The van der Waals surface area contributed by atoms with Crippen LogP contribution in [0.25, 0.3) is 10.6 Å². The molecule has 1 aromatic carbocycles. The summed E-state index contributed by atoms with van der Waals surface area (Å²) in [5, 5.41) is 6.52. The number of benzene rings is 1. The Morgan fingerprint density at radius 1 is 1.43 bits per heavy atom. The summed E-state index contributed by atoms with van der Waals surface area (Å²) in [5.74, 6) is -0.0777. The number of ether oxygens (including phenoxy) is 1. The number of nitrogens with zero attached hydrogens (tertiary/aromatic N) is 1. The highest BCUT2D eigenvalue weighted by atomic mass is 35.5. The van der Waals surface area contributed by atoms with E-state index >= 15 is 0 Å². The Hall–Kier alpha value is -1.14. The first-order valence-corrected chi connectivity index (χ1v) is 7.89. The lowest BCUT2D eigenvalue weighted by Gasteiger charge is -2.02. The van der Waals surface area contributed by atoms with Crippen LogP contribution in [0.4, 0.5) is 0 Å². The highest BCUT2D eigenvalue weighted by Crippen LogP contribution is 2.32. The highest BCUT2D eigenvalue weighted by molar-refractivity contribution is 7.13. The first-order chi connectivity index (χ1) is 10.1. The molecule has 0 aliphatic carbocycles. The Bertz CT molecular complexity index is 631. The molecule has 2 rings (SSSR count). The van der Waals surface area contributed by atoms with Crippen LogP contribution in [0.2, 0.25) is 10.0 Å². The number of aromatic nitrogens is 1. The van der Waals surface area contributed by atoms with Gasteiger partial charge < -0.3 is 10.1 Å². The van der Waals surface area contributed by atoms with Crippen LogP contribution in [0.3, 0.4) is 0 Å². The predicted octanol–water partition coefficient (Wildman–Crippen LogP) is 3.42. The SMILES string of the molecule is COCCNC(=O)Cc1csc(-c2ccc(Cl)cc2Cl)n1. The Balaban J connectivity index is 2.02. The molecule has 1 heterocycles. The molecular weight excluding hydrogens is 331 g/mol. The molecule has 0 spiro atoms. The molecule has 0 saturated carbocycles. The molecule has 4 nitrogen and oxygen atoms in total. The van der Waals surface area contributed by atoms with E-state index < -0.39 is 0 Å². The van der Waals surface area contributed by atoms with Crippen molar-refractivity contribution in [3.8, 4) is 10.6 Å². The van der Waals surface area contributed by atoms with Gasteiger partial charge in [-0.1, -0.05) is 23.2 Å². The third-order valence-corrected chi connectivity index (χ3v) is 4.16. The van der Waals surface area contributed by atoms with Crippen LogP contribution >= 0.6 is 34.5 Å². The maximum atomic E-state index is 11.7. The normalized spacial score (nSPS) is 10.6. The number of nitrogens with one attached hydrogen (secondary N) is 1. The molecule has 0 fully saturated rings. The van der Waals surface area contributed by atoms with Gasteiger partial charge in [-0.15, -0.1) is 11.3 Å². The largest absolute Gasteiger partial charge is 0.383 e. The molecule has 0 aliphatic rings. The summed E-state index contributed by atoms with van der Waals surface area (Å²) in [4.78, 5) is 16.1. The number of carbonyl (C=O) groups is 1. The Morgan fingerprint density at radius 3 is 2.95 bits per heavy atom. The number of amides is 1. The van der Waals surface area contributed by atoms with Gasteiger partial charge in [0, 0.05) is 29.6 Å². The summed E-state index contributed by atoms with van der Waals surface area (Å²) < 4.78 is 4.87. The number of hydrogen-bond donors (Lipinski definition) is 1. The molecule has 112 valence electrons. The molecule has 21 heavy (non-hydrogen) atoms. The maximum Gasteiger partial charge on any atom is 0.226 e. The number of rotatable bonds is 6. The van der Waals surface area contributed by atoms with Gasteiger partial charge in [-0.2, -0.15) is 0 Å². The average molecular weight is 345 g/mol. The zero-order chi connectivity index (χ0) is 15.2. The lowest BCUT2D eigenvalue weighted by molar-refractivity contribution is -0.120. The van der Waals surface area contributed by atoms with E-state index in [0.29, 0.717) is 23.2 Å². The zero-order valence-corrected chi connectivity index (χ0v) is 13.7. The summed E-state index contributed by atoms with van der Waals surface area (Å²) in [7, 11) is 1.59. The monoisotopic (exact) mass is 344 g/mol. The minimum Gasteiger partial charge on any atom is -0.383 e. The predicted molar refractivity (Wildman–Crippen MR) is 86.2 cm³/mol. The van der Waals surface area contributed by atoms with Crippen molar-refractivity contribution in [2.75, 3.05) is 20.3 Å². The van der Waals surface area contributed by atoms with Gasteiger partial charge in [0.15, 0.2) is 0 Å². The Kier molecular flexibility index (Phi) is 5.99.